The van der Waals surface area contributed by atoms with Gasteiger partial charge in [-0.25, -0.2) is 14.4 Å². The molecule has 4 aromatic rings. The molecule has 0 unspecified atom stereocenters. The fourth-order valence-electron chi connectivity index (χ4n) is 3.07. The summed E-state index contributed by atoms with van der Waals surface area (Å²) in [5.74, 6) is -0.381. The quantitative estimate of drug-likeness (QED) is 0.549. The fraction of sp³-hybridized carbons (Fsp3) is 0.143. The molecule has 0 aliphatic rings. The zero-order valence-electron chi connectivity index (χ0n) is 15.6. The molecule has 0 aliphatic heterocycles. The van der Waals surface area contributed by atoms with Gasteiger partial charge in [-0.2, -0.15) is 0 Å². The van der Waals surface area contributed by atoms with Crippen molar-refractivity contribution in [3.05, 3.63) is 80.2 Å². The van der Waals surface area contributed by atoms with Gasteiger partial charge >= 0.3 is 0 Å². The molecule has 8 heteroatoms. The number of halogens is 2. The zero-order valence-corrected chi connectivity index (χ0v) is 16.4. The summed E-state index contributed by atoms with van der Waals surface area (Å²) >= 11 is 6.18. The highest BCUT2D eigenvalue weighted by atomic mass is 35.5. The molecule has 6 nitrogen and oxygen atoms in total. The largest absolute Gasteiger partial charge is 0.345 e. The Labute approximate surface area is 169 Å². The van der Waals surface area contributed by atoms with Gasteiger partial charge in [-0.05, 0) is 44.2 Å². The van der Waals surface area contributed by atoms with Crippen LogP contribution in [0, 0.1) is 5.82 Å². The number of aromatic amines is 1. The van der Waals surface area contributed by atoms with Crippen molar-refractivity contribution in [1.82, 2.24) is 19.5 Å². The van der Waals surface area contributed by atoms with E-state index in [1.165, 1.54) is 35.0 Å². The highest BCUT2D eigenvalue weighted by Gasteiger charge is 2.18. The van der Waals surface area contributed by atoms with Gasteiger partial charge in [0.15, 0.2) is 11.2 Å². The molecule has 0 atom stereocenters. The van der Waals surface area contributed by atoms with E-state index in [0.29, 0.717) is 28.2 Å². The molecule has 3 aromatic heterocycles. The van der Waals surface area contributed by atoms with Crippen LogP contribution < -0.4 is 11.0 Å². The molecule has 1 N–H and O–H groups in total. The third-order valence-electron chi connectivity index (χ3n) is 4.53. The van der Waals surface area contributed by atoms with E-state index >= 15 is 0 Å². The summed E-state index contributed by atoms with van der Waals surface area (Å²) in [5.41, 5.74) is 1.80. The van der Waals surface area contributed by atoms with Crippen molar-refractivity contribution in [3.8, 4) is 22.5 Å². The van der Waals surface area contributed by atoms with E-state index in [0.717, 1.165) is 0 Å². The van der Waals surface area contributed by atoms with Crippen LogP contribution in [0.5, 0.6) is 0 Å². The summed E-state index contributed by atoms with van der Waals surface area (Å²) in [7, 11) is 0. The minimum Gasteiger partial charge on any atom is -0.345 e. The fourth-order valence-corrected chi connectivity index (χ4v) is 3.29. The van der Waals surface area contributed by atoms with Crippen molar-refractivity contribution in [2.75, 3.05) is 0 Å². The van der Waals surface area contributed by atoms with E-state index in [-0.39, 0.29) is 33.4 Å². The maximum atomic E-state index is 13.4. The number of rotatable bonds is 3. The molecule has 4 rings (SSSR count). The maximum absolute atomic E-state index is 13.4. The first-order valence-corrected chi connectivity index (χ1v) is 9.30. The number of nitrogens with one attached hydrogen (secondary N) is 1. The minimum atomic E-state index is -0.381. The molecule has 0 saturated carbocycles. The Bertz CT molecular complexity index is 1340. The van der Waals surface area contributed by atoms with Crippen LogP contribution in [0.1, 0.15) is 19.9 Å². The first kappa shape index (κ1) is 19.0. The molecule has 0 bridgehead atoms. The molecule has 0 fully saturated rings. The second-order valence-corrected chi connectivity index (χ2v) is 7.26. The van der Waals surface area contributed by atoms with Gasteiger partial charge in [0.05, 0.1) is 11.4 Å². The average molecular weight is 411 g/mol. The number of hydrogen-bond donors (Lipinski definition) is 1. The normalized spacial score (nSPS) is 11.3. The topological polar surface area (TPSA) is 80.6 Å². The summed E-state index contributed by atoms with van der Waals surface area (Å²) in [4.78, 5) is 36.7. The van der Waals surface area contributed by atoms with Gasteiger partial charge in [-0.3, -0.25) is 9.59 Å². The van der Waals surface area contributed by atoms with E-state index in [4.69, 9.17) is 11.6 Å². The summed E-state index contributed by atoms with van der Waals surface area (Å²) in [5, 5.41) is 0.0325. The second-order valence-electron chi connectivity index (χ2n) is 6.85. The number of nitrogens with zero attached hydrogens (tertiary/aromatic N) is 3. The van der Waals surface area contributed by atoms with Gasteiger partial charge in [-0.15, -0.1) is 0 Å². The predicted octanol–water partition coefficient (Wildman–Crippen LogP) is 4.19. The molecule has 146 valence electrons. The van der Waals surface area contributed by atoms with Crippen LogP contribution in [0.2, 0.25) is 5.02 Å². The molecule has 3 heterocycles. The second kappa shape index (κ2) is 7.25. The lowest BCUT2D eigenvalue weighted by Gasteiger charge is -2.15. The standard InChI is InChI=1S/C21H16ClFN4O2/c1-11(2)27-10-13(9-15(22)21(27)29)18-17(12-3-5-14(23)6-4-12)26-20-19(25-18)16(28)7-8-24-20/h3-11H,1-2H3,(H,24,26,28). The molecule has 29 heavy (non-hydrogen) atoms. The molecular weight excluding hydrogens is 395 g/mol. The summed E-state index contributed by atoms with van der Waals surface area (Å²) in [6, 6.07) is 8.53. The summed E-state index contributed by atoms with van der Waals surface area (Å²) < 4.78 is 14.9. The molecule has 0 aliphatic carbocycles. The van der Waals surface area contributed by atoms with Gasteiger partial charge in [0, 0.05) is 35.6 Å². The lowest BCUT2D eigenvalue weighted by molar-refractivity contribution is 0.579. The number of H-pyrrole nitrogens is 1. The van der Waals surface area contributed by atoms with E-state index in [2.05, 4.69) is 15.0 Å². The van der Waals surface area contributed by atoms with Crippen LogP contribution in [-0.2, 0) is 0 Å². The molecule has 0 radical (unpaired) electrons. The third kappa shape index (κ3) is 3.45. The molecule has 0 spiro atoms. The van der Waals surface area contributed by atoms with Crippen molar-refractivity contribution < 1.29 is 4.39 Å². The molecule has 1 aromatic carbocycles. The van der Waals surface area contributed by atoms with Crippen LogP contribution in [0.3, 0.4) is 0 Å². The minimum absolute atomic E-state index is 0.0325. The number of fused-ring (bicyclic) bond motifs is 1. The van der Waals surface area contributed by atoms with Gasteiger partial charge in [0.25, 0.3) is 5.56 Å². The Morgan fingerprint density at radius 2 is 1.72 bits per heavy atom. The Balaban J connectivity index is 2.09. The Morgan fingerprint density at radius 3 is 2.41 bits per heavy atom. The smallest absolute Gasteiger partial charge is 0.269 e. The van der Waals surface area contributed by atoms with Crippen molar-refractivity contribution in [1.29, 1.82) is 0 Å². The van der Waals surface area contributed by atoms with Crippen molar-refractivity contribution in [2.45, 2.75) is 19.9 Å². The van der Waals surface area contributed by atoms with E-state index in [1.807, 2.05) is 13.8 Å². The maximum Gasteiger partial charge on any atom is 0.269 e. The van der Waals surface area contributed by atoms with E-state index < -0.39 is 0 Å². The Morgan fingerprint density at radius 1 is 1.03 bits per heavy atom. The van der Waals surface area contributed by atoms with Crippen LogP contribution in [0.4, 0.5) is 4.39 Å². The predicted molar refractivity (Wildman–Crippen MR) is 111 cm³/mol. The summed E-state index contributed by atoms with van der Waals surface area (Å²) in [6.07, 6.45) is 3.13. The van der Waals surface area contributed by atoms with Gasteiger partial charge in [-0.1, -0.05) is 11.6 Å². The first-order valence-electron chi connectivity index (χ1n) is 8.92. The highest BCUT2D eigenvalue weighted by molar-refractivity contribution is 6.30. The number of hydrogen-bond acceptors (Lipinski definition) is 4. The third-order valence-corrected chi connectivity index (χ3v) is 4.80. The average Bonchev–Trinajstić information content (AvgIpc) is 2.70. The first-order chi connectivity index (χ1) is 13.8. The molecular formula is C21H16ClFN4O2. The number of pyridine rings is 2. The SMILES string of the molecule is CC(C)n1cc(-c2nc3c(=O)cc[nH]c3nc2-c2ccc(F)cc2)cc(Cl)c1=O. The van der Waals surface area contributed by atoms with E-state index in [1.54, 1.807) is 18.3 Å². The van der Waals surface area contributed by atoms with Crippen molar-refractivity contribution in [2.24, 2.45) is 0 Å². The number of aromatic nitrogens is 4. The van der Waals surface area contributed by atoms with E-state index in [9.17, 15) is 14.0 Å². The molecule has 0 amide bonds. The van der Waals surface area contributed by atoms with Crippen LogP contribution >= 0.6 is 11.6 Å². The highest BCUT2D eigenvalue weighted by Crippen LogP contribution is 2.31. The zero-order chi connectivity index (χ0) is 20.7. The lowest BCUT2D eigenvalue weighted by Crippen LogP contribution is -2.22. The van der Waals surface area contributed by atoms with Crippen LogP contribution in [0.15, 0.2) is 58.4 Å². The van der Waals surface area contributed by atoms with Crippen molar-refractivity contribution >= 4 is 22.8 Å². The number of benzene rings is 1. The van der Waals surface area contributed by atoms with Crippen molar-refractivity contribution in [3.63, 3.8) is 0 Å². The van der Waals surface area contributed by atoms with Gasteiger partial charge in [0.2, 0.25) is 5.43 Å². The van der Waals surface area contributed by atoms with Crippen LogP contribution in [0.25, 0.3) is 33.7 Å². The summed E-state index contributed by atoms with van der Waals surface area (Å²) in [6.45, 7) is 3.72. The Kier molecular flexibility index (Phi) is 4.76. The monoisotopic (exact) mass is 410 g/mol. The van der Waals surface area contributed by atoms with Crippen LogP contribution in [-0.4, -0.2) is 19.5 Å². The van der Waals surface area contributed by atoms with Gasteiger partial charge in [0.1, 0.15) is 10.8 Å². The lowest BCUT2D eigenvalue weighted by atomic mass is 10.0. The Hall–Kier alpha value is -3.32. The molecule has 0 saturated heterocycles. The van der Waals surface area contributed by atoms with Gasteiger partial charge < -0.3 is 9.55 Å².